The monoisotopic (exact) mass is 506 g/mol. The van der Waals surface area contributed by atoms with Crippen LogP contribution >= 0.6 is 15.9 Å². The van der Waals surface area contributed by atoms with Gasteiger partial charge in [0.05, 0.1) is 0 Å². The quantitative estimate of drug-likeness (QED) is 0.344. The number of hydrogen-bond acceptors (Lipinski definition) is 0. The van der Waals surface area contributed by atoms with Gasteiger partial charge in [0.2, 0.25) is 0 Å². The Balaban J connectivity index is 0.00000208. The van der Waals surface area contributed by atoms with E-state index in [0.717, 1.165) is 5.33 Å². The SMILES string of the molecule is BrCCC[As+](c1ccccc1)(c1ccccc1)c1ccccc1.[Br-]. The van der Waals surface area contributed by atoms with Crippen LogP contribution < -0.4 is 30.0 Å². The number of rotatable bonds is 6. The molecule has 0 amide bonds. The van der Waals surface area contributed by atoms with Gasteiger partial charge >= 0.3 is 150 Å². The van der Waals surface area contributed by atoms with Crippen LogP contribution in [-0.4, -0.2) is 18.9 Å². The van der Waals surface area contributed by atoms with Gasteiger partial charge in [-0.05, 0) is 0 Å². The summed E-state index contributed by atoms with van der Waals surface area (Å²) in [6.45, 7) is 0. The first-order valence-corrected chi connectivity index (χ1v) is 13.2. The normalized spacial score (nSPS) is 10.9. The zero-order valence-electron chi connectivity index (χ0n) is 13.5. The number of halogens is 2. The van der Waals surface area contributed by atoms with Gasteiger partial charge in [-0.15, -0.1) is 0 Å². The maximum absolute atomic E-state index is 3.65. The first-order chi connectivity index (χ1) is 11.4. The Morgan fingerprint density at radius 2 is 0.917 bits per heavy atom. The summed E-state index contributed by atoms with van der Waals surface area (Å²) in [6.07, 6.45) is 1.20. The standard InChI is InChI=1S/C21H21AsBr.BrH/c23-18-10-17-22(19-11-4-1-5-12-19,20-13-6-2-7-14-20)21-15-8-3-9-16-21;/h1-9,11-16H,10,17-18H2;1H/q+1;/p-1. The summed E-state index contributed by atoms with van der Waals surface area (Å²) in [5.41, 5.74) is 0. The first-order valence-electron chi connectivity index (χ1n) is 7.99. The molecule has 0 aliphatic rings. The molecule has 0 saturated heterocycles. The van der Waals surface area contributed by atoms with Crippen LogP contribution in [0.25, 0.3) is 0 Å². The van der Waals surface area contributed by atoms with Gasteiger partial charge in [-0.3, -0.25) is 0 Å². The maximum atomic E-state index is 3.65. The van der Waals surface area contributed by atoms with E-state index in [1.807, 2.05) is 0 Å². The second-order valence-corrected chi connectivity index (χ2v) is 14.0. The second kappa shape index (κ2) is 9.61. The van der Waals surface area contributed by atoms with Crippen molar-refractivity contribution < 1.29 is 17.0 Å². The Labute approximate surface area is 166 Å². The molecular weight excluding hydrogens is 487 g/mol. The molecule has 0 fully saturated rings. The Kier molecular flexibility index (Phi) is 7.81. The zero-order valence-corrected chi connectivity index (χ0v) is 18.5. The van der Waals surface area contributed by atoms with E-state index >= 15 is 0 Å². The van der Waals surface area contributed by atoms with Crippen molar-refractivity contribution in [2.45, 2.75) is 11.6 Å². The predicted molar refractivity (Wildman–Crippen MR) is 107 cm³/mol. The van der Waals surface area contributed by atoms with Gasteiger partial charge in [0.1, 0.15) is 0 Å². The molecule has 124 valence electrons. The minimum absolute atomic E-state index is 0. The van der Waals surface area contributed by atoms with Gasteiger partial charge < -0.3 is 17.0 Å². The molecule has 0 nitrogen and oxygen atoms in total. The zero-order chi connectivity index (χ0) is 16.0. The van der Waals surface area contributed by atoms with Crippen LogP contribution in [0.1, 0.15) is 6.42 Å². The fourth-order valence-electron chi connectivity index (χ4n) is 3.18. The van der Waals surface area contributed by atoms with E-state index in [1.54, 1.807) is 0 Å². The molecule has 0 N–H and O–H groups in total. The summed E-state index contributed by atoms with van der Waals surface area (Å²) in [6, 6.07) is 33.5. The van der Waals surface area contributed by atoms with E-state index in [1.165, 1.54) is 24.7 Å². The fraction of sp³-hybridized carbons (Fsp3) is 0.143. The van der Waals surface area contributed by atoms with Crippen molar-refractivity contribution in [2.24, 2.45) is 0 Å². The topological polar surface area (TPSA) is 0 Å². The molecule has 0 aromatic heterocycles. The van der Waals surface area contributed by atoms with Crippen molar-refractivity contribution >= 4 is 42.5 Å². The van der Waals surface area contributed by atoms with Crippen molar-refractivity contribution in [1.29, 1.82) is 0 Å². The van der Waals surface area contributed by atoms with Gasteiger partial charge in [0.15, 0.2) is 0 Å². The molecule has 3 rings (SSSR count). The van der Waals surface area contributed by atoms with Gasteiger partial charge in [-0.2, -0.15) is 0 Å². The van der Waals surface area contributed by atoms with Crippen molar-refractivity contribution in [3.05, 3.63) is 91.0 Å². The smallest absolute Gasteiger partial charge is 1.00 e. The minimum atomic E-state index is -2.42. The molecule has 0 unspecified atom stereocenters. The summed E-state index contributed by atoms with van der Waals surface area (Å²) in [5, 5.41) is 2.31. The van der Waals surface area contributed by atoms with Crippen LogP contribution in [0.2, 0.25) is 5.21 Å². The summed E-state index contributed by atoms with van der Waals surface area (Å²) >= 11 is 1.23. The summed E-state index contributed by atoms with van der Waals surface area (Å²) < 4.78 is 4.59. The third-order valence-corrected chi connectivity index (χ3v) is 14.3. The Bertz CT molecular complexity index is 618. The molecule has 0 bridgehead atoms. The average Bonchev–Trinajstić information content (AvgIpc) is 2.65. The van der Waals surface area contributed by atoms with Crippen LogP contribution in [0.4, 0.5) is 0 Å². The average molecular weight is 508 g/mol. The second-order valence-electron chi connectivity index (χ2n) is 5.58. The molecule has 0 aliphatic heterocycles. The third-order valence-electron chi connectivity index (χ3n) is 4.22. The summed E-state index contributed by atoms with van der Waals surface area (Å²) in [5.74, 6) is 0. The molecule has 3 aromatic rings. The van der Waals surface area contributed by atoms with Crippen LogP contribution in [-0.2, 0) is 0 Å². The summed E-state index contributed by atoms with van der Waals surface area (Å²) in [7, 11) is 0. The van der Waals surface area contributed by atoms with E-state index in [9.17, 15) is 0 Å². The van der Waals surface area contributed by atoms with Gasteiger partial charge in [-0.1, -0.05) is 0 Å². The third kappa shape index (κ3) is 4.04. The van der Waals surface area contributed by atoms with Crippen molar-refractivity contribution in [1.82, 2.24) is 0 Å². The molecule has 0 radical (unpaired) electrons. The van der Waals surface area contributed by atoms with Crippen molar-refractivity contribution in [3.63, 3.8) is 0 Å². The molecule has 24 heavy (non-hydrogen) atoms. The Morgan fingerprint density at radius 3 is 1.21 bits per heavy atom. The molecule has 0 aliphatic carbocycles. The van der Waals surface area contributed by atoms with E-state index in [2.05, 4.69) is 107 Å². The van der Waals surface area contributed by atoms with Crippen molar-refractivity contribution in [2.75, 3.05) is 5.33 Å². The van der Waals surface area contributed by atoms with Gasteiger partial charge in [0.25, 0.3) is 0 Å². The number of alkyl halides is 1. The first kappa shape index (κ1) is 19.5. The molecule has 0 spiro atoms. The Morgan fingerprint density at radius 1 is 0.583 bits per heavy atom. The molecule has 3 aromatic carbocycles. The molecule has 0 atom stereocenters. The summed E-state index contributed by atoms with van der Waals surface area (Å²) in [4.78, 5) is 0. The van der Waals surface area contributed by atoms with Crippen LogP contribution in [0.15, 0.2) is 91.0 Å². The van der Waals surface area contributed by atoms with Gasteiger partial charge in [0, 0.05) is 0 Å². The van der Waals surface area contributed by atoms with Crippen molar-refractivity contribution in [3.8, 4) is 0 Å². The van der Waals surface area contributed by atoms with E-state index < -0.39 is 13.6 Å². The van der Waals surface area contributed by atoms with Gasteiger partial charge in [-0.25, -0.2) is 0 Å². The van der Waals surface area contributed by atoms with Crippen LogP contribution in [0.5, 0.6) is 0 Å². The van der Waals surface area contributed by atoms with Crippen LogP contribution in [0, 0.1) is 0 Å². The molecule has 0 heterocycles. The maximum Gasteiger partial charge on any atom is -1.00 e. The number of hydrogen-bond donors (Lipinski definition) is 0. The molecule has 3 heteroatoms. The van der Waals surface area contributed by atoms with E-state index in [4.69, 9.17) is 0 Å². The fourth-order valence-corrected chi connectivity index (χ4v) is 13.5. The predicted octanol–water partition coefficient (Wildman–Crippen LogP) is 0.946. The van der Waals surface area contributed by atoms with Crippen LogP contribution in [0.3, 0.4) is 0 Å². The van der Waals surface area contributed by atoms with E-state index in [-0.39, 0.29) is 17.0 Å². The number of benzene rings is 3. The molecule has 0 saturated carbocycles. The largest absolute Gasteiger partial charge is 1.00 e. The van der Waals surface area contributed by atoms with E-state index in [0.29, 0.717) is 0 Å². The Hall–Kier alpha value is -0.822. The minimum Gasteiger partial charge on any atom is -1.00 e. The molecular formula is C21H21AsBr2.